The van der Waals surface area contributed by atoms with Gasteiger partial charge in [0.2, 0.25) is 0 Å². The van der Waals surface area contributed by atoms with Crippen LogP contribution in [-0.2, 0) is 23.7 Å². The lowest BCUT2D eigenvalue weighted by Gasteiger charge is -2.23. The standard InChI is InChI=1S/C21H28N2O6/c1-4-10-29-21(25)18(13-26-3)11-19(14-28-15-27-5-2)23-20(24)17-8-6-16(12-22)7-9-17/h4,6-9,18-19H,1,5,10-11,13-15H2,2-3H3,(H,23,24)/t18-,19+/m1/s1. The van der Waals surface area contributed by atoms with Crippen LogP contribution in [-0.4, -0.2) is 58.2 Å². The molecule has 29 heavy (non-hydrogen) atoms. The molecule has 0 saturated heterocycles. The average molecular weight is 404 g/mol. The first-order valence-electron chi connectivity index (χ1n) is 9.28. The number of hydrogen-bond donors (Lipinski definition) is 1. The zero-order valence-corrected chi connectivity index (χ0v) is 16.9. The van der Waals surface area contributed by atoms with Crippen molar-refractivity contribution < 1.29 is 28.5 Å². The molecular formula is C21H28N2O6. The molecule has 1 aromatic carbocycles. The Hall–Kier alpha value is -2.73. The lowest BCUT2D eigenvalue weighted by molar-refractivity contribution is -0.149. The van der Waals surface area contributed by atoms with E-state index in [4.69, 9.17) is 24.2 Å². The van der Waals surface area contributed by atoms with E-state index in [1.165, 1.54) is 13.2 Å². The molecule has 0 bridgehead atoms. The Morgan fingerprint density at radius 1 is 1.24 bits per heavy atom. The molecule has 2 atom stereocenters. The zero-order chi connectivity index (χ0) is 21.5. The minimum atomic E-state index is -0.582. The van der Waals surface area contributed by atoms with Crippen LogP contribution in [0.5, 0.6) is 0 Å². The summed E-state index contributed by atoms with van der Waals surface area (Å²) in [6, 6.07) is 7.79. The van der Waals surface area contributed by atoms with Crippen molar-refractivity contribution >= 4 is 11.9 Å². The Bertz CT molecular complexity index is 683. The van der Waals surface area contributed by atoms with Crippen LogP contribution >= 0.6 is 0 Å². The monoisotopic (exact) mass is 404 g/mol. The second-order valence-electron chi connectivity index (χ2n) is 6.15. The summed E-state index contributed by atoms with van der Waals surface area (Å²) in [5.41, 5.74) is 0.861. The van der Waals surface area contributed by atoms with Crippen molar-refractivity contribution in [2.45, 2.75) is 19.4 Å². The predicted octanol–water partition coefficient (Wildman–Crippen LogP) is 2.05. The molecule has 8 heteroatoms. The van der Waals surface area contributed by atoms with Crippen LogP contribution in [0.15, 0.2) is 36.9 Å². The topological polar surface area (TPSA) is 107 Å². The average Bonchev–Trinajstić information content (AvgIpc) is 2.74. The van der Waals surface area contributed by atoms with Crippen LogP contribution in [0.25, 0.3) is 0 Å². The van der Waals surface area contributed by atoms with Crippen molar-refractivity contribution in [1.29, 1.82) is 5.26 Å². The molecule has 1 aromatic rings. The summed E-state index contributed by atoms with van der Waals surface area (Å²) in [6.45, 7) is 6.34. The molecule has 0 heterocycles. The normalized spacial score (nSPS) is 12.4. The molecule has 1 rings (SSSR count). The highest BCUT2D eigenvalue weighted by atomic mass is 16.7. The molecule has 0 aliphatic heterocycles. The SMILES string of the molecule is C=CCOC(=O)[C@@H](COC)C[C@@H](COCOCC)NC(=O)c1ccc(C#N)cc1. The highest BCUT2D eigenvalue weighted by Crippen LogP contribution is 2.12. The van der Waals surface area contributed by atoms with E-state index in [1.807, 2.05) is 13.0 Å². The second kappa shape index (κ2) is 14.3. The Morgan fingerprint density at radius 3 is 2.55 bits per heavy atom. The van der Waals surface area contributed by atoms with E-state index < -0.39 is 17.9 Å². The maximum Gasteiger partial charge on any atom is 0.311 e. The van der Waals surface area contributed by atoms with E-state index >= 15 is 0 Å². The van der Waals surface area contributed by atoms with Gasteiger partial charge in [-0.15, -0.1) is 0 Å². The number of esters is 1. The van der Waals surface area contributed by atoms with Crippen molar-refractivity contribution in [1.82, 2.24) is 5.32 Å². The fraction of sp³-hybridized carbons (Fsp3) is 0.476. The summed E-state index contributed by atoms with van der Waals surface area (Å²) < 4.78 is 20.9. The third kappa shape index (κ3) is 9.34. The lowest BCUT2D eigenvalue weighted by Crippen LogP contribution is -2.42. The van der Waals surface area contributed by atoms with Crippen molar-refractivity contribution in [2.75, 3.05) is 40.3 Å². The largest absolute Gasteiger partial charge is 0.461 e. The molecule has 0 aliphatic carbocycles. The van der Waals surface area contributed by atoms with Gasteiger partial charge in [0.25, 0.3) is 5.91 Å². The number of benzene rings is 1. The van der Waals surface area contributed by atoms with E-state index in [1.54, 1.807) is 24.3 Å². The molecule has 0 aliphatic rings. The van der Waals surface area contributed by atoms with Crippen LogP contribution in [0.3, 0.4) is 0 Å². The Labute approximate surface area is 171 Å². The first-order chi connectivity index (χ1) is 14.0. The van der Waals surface area contributed by atoms with Gasteiger partial charge in [-0.25, -0.2) is 0 Å². The first-order valence-corrected chi connectivity index (χ1v) is 9.28. The van der Waals surface area contributed by atoms with E-state index in [-0.39, 0.29) is 38.9 Å². The minimum Gasteiger partial charge on any atom is -0.461 e. The molecule has 0 spiro atoms. The predicted molar refractivity (Wildman–Crippen MR) is 106 cm³/mol. The van der Waals surface area contributed by atoms with Crippen molar-refractivity contribution in [3.8, 4) is 6.07 Å². The number of nitrogens with one attached hydrogen (secondary N) is 1. The molecule has 0 aromatic heterocycles. The van der Waals surface area contributed by atoms with Gasteiger partial charge in [-0.05, 0) is 37.6 Å². The highest BCUT2D eigenvalue weighted by Gasteiger charge is 2.26. The lowest BCUT2D eigenvalue weighted by atomic mass is 10.0. The van der Waals surface area contributed by atoms with Gasteiger partial charge >= 0.3 is 5.97 Å². The van der Waals surface area contributed by atoms with Gasteiger partial charge < -0.3 is 24.3 Å². The molecule has 158 valence electrons. The van der Waals surface area contributed by atoms with E-state index in [0.29, 0.717) is 17.7 Å². The number of methoxy groups -OCH3 is 1. The zero-order valence-electron chi connectivity index (χ0n) is 16.9. The number of nitrogens with zero attached hydrogens (tertiary/aromatic N) is 1. The first kappa shape index (κ1) is 24.3. The van der Waals surface area contributed by atoms with Crippen molar-refractivity contribution in [2.24, 2.45) is 5.92 Å². The molecule has 0 unspecified atom stereocenters. The molecular weight excluding hydrogens is 376 g/mol. The molecule has 8 nitrogen and oxygen atoms in total. The maximum absolute atomic E-state index is 12.6. The summed E-state index contributed by atoms with van der Waals surface area (Å²) in [5, 5.41) is 11.7. The van der Waals surface area contributed by atoms with E-state index in [0.717, 1.165) is 0 Å². The summed E-state index contributed by atoms with van der Waals surface area (Å²) in [4.78, 5) is 24.9. The maximum atomic E-state index is 12.6. The minimum absolute atomic E-state index is 0.0790. The summed E-state index contributed by atoms with van der Waals surface area (Å²) in [7, 11) is 1.49. The van der Waals surface area contributed by atoms with Crippen LogP contribution in [0.4, 0.5) is 0 Å². The highest BCUT2D eigenvalue weighted by molar-refractivity contribution is 5.94. The number of carbonyl (C=O) groups excluding carboxylic acids is 2. The molecule has 0 saturated carbocycles. The summed E-state index contributed by atoms with van der Waals surface area (Å²) in [6.07, 6.45) is 1.75. The number of rotatable bonds is 14. The Kier molecular flexibility index (Phi) is 12.0. The third-order valence-corrected chi connectivity index (χ3v) is 3.91. The molecule has 1 N–H and O–H groups in total. The van der Waals surface area contributed by atoms with Crippen molar-refractivity contribution in [3.63, 3.8) is 0 Å². The quantitative estimate of drug-likeness (QED) is 0.219. The van der Waals surface area contributed by atoms with Gasteiger partial charge in [-0.2, -0.15) is 5.26 Å². The second-order valence-corrected chi connectivity index (χ2v) is 6.15. The van der Waals surface area contributed by atoms with Gasteiger partial charge in [0.15, 0.2) is 0 Å². The van der Waals surface area contributed by atoms with Gasteiger partial charge in [0, 0.05) is 19.3 Å². The summed E-state index contributed by atoms with van der Waals surface area (Å²) in [5.74, 6) is -1.36. The van der Waals surface area contributed by atoms with E-state index in [9.17, 15) is 9.59 Å². The van der Waals surface area contributed by atoms with Gasteiger partial charge in [0.05, 0.1) is 36.8 Å². The van der Waals surface area contributed by atoms with Crippen LogP contribution in [0.2, 0.25) is 0 Å². The molecule has 0 radical (unpaired) electrons. The smallest absolute Gasteiger partial charge is 0.311 e. The van der Waals surface area contributed by atoms with Crippen LogP contribution in [0.1, 0.15) is 29.3 Å². The van der Waals surface area contributed by atoms with Crippen LogP contribution < -0.4 is 5.32 Å². The number of ether oxygens (including phenoxy) is 4. The fourth-order valence-corrected chi connectivity index (χ4v) is 2.50. The number of amides is 1. The number of carbonyl (C=O) groups is 2. The molecule has 1 amide bonds. The van der Waals surface area contributed by atoms with Crippen molar-refractivity contribution in [3.05, 3.63) is 48.0 Å². The molecule has 0 fully saturated rings. The third-order valence-electron chi connectivity index (χ3n) is 3.91. The van der Waals surface area contributed by atoms with Gasteiger partial charge in [-0.3, -0.25) is 9.59 Å². The van der Waals surface area contributed by atoms with Crippen LogP contribution in [0, 0.1) is 17.2 Å². The number of hydrogen-bond acceptors (Lipinski definition) is 7. The Morgan fingerprint density at radius 2 is 1.97 bits per heavy atom. The fourth-order valence-electron chi connectivity index (χ4n) is 2.50. The van der Waals surface area contributed by atoms with Gasteiger partial charge in [0.1, 0.15) is 13.4 Å². The van der Waals surface area contributed by atoms with Gasteiger partial charge in [-0.1, -0.05) is 12.7 Å². The summed E-state index contributed by atoms with van der Waals surface area (Å²) >= 11 is 0. The number of nitriles is 1. The Balaban J connectivity index is 2.83. The van der Waals surface area contributed by atoms with E-state index in [2.05, 4.69) is 11.9 Å².